The number of halogens is 4. The lowest BCUT2D eigenvalue weighted by molar-refractivity contribution is -0.137. The van der Waals surface area contributed by atoms with Crippen LogP contribution in [0.3, 0.4) is 0 Å². The van der Waals surface area contributed by atoms with Crippen molar-refractivity contribution in [2.75, 3.05) is 0 Å². The van der Waals surface area contributed by atoms with E-state index in [1.165, 1.54) is 41.1 Å². The van der Waals surface area contributed by atoms with Crippen molar-refractivity contribution in [2.24, 2.45) is 0 Å². The molecule has 0 spiro atoms. The quantitative estimate of drug-likeness (QED) is 0.745. The summed E-state index contributed by atoms with van der Waals surface area (Å²) in [6.45, 7) is -0.0751. The Labute approximate surface area is 133 Å². The second-order valence-electron chi connectivity index (χ2n) is 5.07. The first-order chi connectivity index (χ1) is 11.3. The van der Waals surface area contributed by atoms with Crippen LogP contribution in [0.5, 0.6) is 0 Å². The van der Waals surface area contributed by atoms with Gasteiger partial charge in [-0.05, 0) is 24.3 Å². The fourth-order valence-electron chi connectivity index (χ4n) is 2.30. The Bertz CT molecular complexity index is 902. The number of hydrogen-bond acceptors (Lipinski definition) is 2. The van der Waals surface area contributed by atoms with E-state index in [0.29, 0.717) is 11.3 Å². The lowest BCUT2D eigenvalue weighted by Crippen LogP contribution is -2.26. The molecule has 0 saturated carbocycles. The van der Waals surface area contributed by atoms with Crippen molar-refractivity contribution in [3.63, 3.8) is 0 Å². The first-order valence-corrected chi connectivity index (χ1v) is 6.92. The van der Waals surface area contributed by atoms with Crippen LogP contribution in [0.15, 0.2) is 48.8 Å². The van der Waals surface area contributed by atoms with Gasteiger partial charge in [0.1, 0.15) is 11.5 Å². The molecule has 3 rings (SSSR count). The van der Waals surface area contributed by atoms with Gasteiger partial charge in [0.05, 0.1) is 23.4 Å². The van der Waals surface area contributed by atoms with Gasteiger partial charge in [-0.25, -0.2) is 9.37 Å². The minimum absolute atomic E-state index is 0.0751. The van der Waals surface area contributed by atoms with Gasteiger partial charge >= 0.3 is 6.18 Å². The highest BCUT2D eigenvalue weighted by molar-refractivity contribution is 5.95. The molecule has 0 aliphatic heterocycles. The summed E-state index contributed by atoms with van der Waals surface area (Å²) >= 11 is 0. The molecule has 1 aromatic carbocycles. The van der Waals surface area contributed by atoms with E-state index in [4.69, 9.17) is 0 Å². The van der Waals surface area contributed by atoms with Crippen molar-refractivity contribution in [3.05, 3.63) is 71.4 Å². The molecule has 124 valence electrons. The van der Waals surface area contributed by atoms with Gasteiger partial charge in [0.25, 0.3) is 5.91 Å². The van der Waals surface area contributed by atoms with Gasteiger partial charge in [-0.2, -0.15) is 13.2 Å². The summed E-state index contributed by atoms with van der Waals surface area (Å²) < 4.78 is 53.3. The highest BCUT2D eigenvalue weighted by atomic mass is 19.4. The predicted molar refractivity (Wildman–Crippen MR) is 77.8 cm³/mol. The van der Waals surface area contributed by atoms with Crippen molar-refractivity contribution in [2.45, 2.75) is 12.7 Å². The standard InChI is InChI=1S/C16H11F4N3O/c17-10-5-6-14-22-11(9-23(14)8-10)7-21-15(24)12-3-1-2-4-13(12)16(18,19)20/h1-6,8-9H,7H2,(H,21,24). The van der Waals surface area contributed by atoms with Gasteiger partial charge in [0.2, 0.25) is 0 Å². The summed E-state index contributed by atoms with van der Waals surface area (Å²) in [6.07, 6.45) is -1.91. The Kier molecular flexibility index (Phi) is 3.96. The molecule has 0 unspecified atom stereocenters. The predicted octanol–water partition coefficient (Wildman–Crippen LogP) is 3.42. The van der Waals surface area contributed by atoms with Crippen molar-refractivity contribution in [1.82, 2.24) is 14.7 Å². The van der Waals surface area contributed by atoms with Crippen LogP contribution < -0.4 is 5.32 Å². The highest BCUT2D eigenvalue weighted by Gasteiger charge is 2.34. The number of aromatic nitrogens is 2. The van der Waals surface area contributed by atoms with Gasteiger partial charge in [0.15, 0.2) is 0 Å². The summed E-state index contributed by atoms with van der Waals surface area (Å²) in [6, 6.07) is 7.23. The first-order valence-electron chi connectivity index (χ1n) is 6.92. The number of imidazole rings is 1. The molecule has 0 atom stereocenters. The van der Waals surface area contributed by atoms with Gasteiger partial charge in [-0.1, -0.05) is 12.1 Å². The van der Waals surface area contributed by atoms with E-state index in [2.05, 4.69) is 10.3 Å². The van der Waals surface area contributed by atoms with Crippen LogP contribution in [0.25, 0.3) is 5.65 Å². The number of carbonyl (C=O) groups is 1. The first kappa shape index (κ1) is 16.0. The molecule has 0 bridgehead atoms. The van der Waals surface area contributed by atoms with E-state index in [9.17, 15) is 22.4 Å². The molecule has 0 fully saturated rings. The fraction of sp³-hybridized carbons (Fsp3) is 0.125. The molecule has 0 aliphatic carbocycles. The Balaban J connectivity index is 1.78. The SMILES string of the molecule is O=C(NCc1cn2cc(F)ccc2n1)c1ccccc1C(F)(F)F. The molecule has 0 saturated heterocycles. The van der Waals surface area contributed by atoms with E-state index < -0.39 is 29.0 Å². The zero-order chi connectivity index (χ0) is 17.3. The van der Waals surface area contributed by atoms with Crippen LogP contribution in [0, 0.1) is 5.82 Å². The van der Waals surface area contributed by atoms with Crippen molar-refractivity contribution >= 4 is 11.6 Å². The molecule has 2 heterocycles. The number of fused-ring (bicyclic) bond motifs is 1. The number of pyridine rings is 1. The van der Waals surface area contributed by atoms with Crippen LogP contribution >= 0.6 is 0 Å². The van der Waals surface area contributed by atoms with Crippen molar-refractivity contribution < 1.29 is 22.4 Å². The van der Waals surface area contributed by atoms with Crippen molar-refractivity contribution in [1.29, 1.82) is 0 Å². The van der Waals surface area contributed by atoms with Crippen LogP contribution in [0.1, 0.15) is 21.6 Å². The summed E-state index contributed by atoms with van der Waals surface area (Å²) in [5.41, 5.74) is -0.589. The minimum atomic E-state index is -4.62. The van der Waals surface area contributed by atoms with Crippen molar-refractivity contribution in [3.8, 4) is 0 Å². The minimum Gasteiger partial charge on any atom is -0.346 e. The van der Waals surface area contributed by atoms with E-state index in [1.807, 2.05) is 0 Å². The summed E-state index contributed by atoms with van der Waals surface area (Å²) in [5.74, 6) is -1.30. The van der Waals surface area contributed by atoms with Crippen LogP contribution in [-0.2, 0) is 12.7 Å². The number of benzene rings is 1. The topological polar surface area (TPSA) is 46.4 Å². The monoisotopic (exact) mass is 337 g/mol. The second-order valence-corrected chi connectivity index (χ2v) is 5.07. The van der Waals surface area contributed by atoms with Gasteiger partial charge in [0, 0.05) is 12.4 Å². The molecule has 4 nitrogen and oxygen atoms in total. The smallest absolute Gasteiger partial charge is 0.346 e. The Morgan fingerprint density at radius 2 is 1.88 bits per heavy atom. The molecule has 3 aromatic rings. The number of hydrogen-bond donors (Lipinski definition) is 1. The third-order valence-corrected chi connectivity index (χ3v) is 3.37. The average Bonchev–Trinajstić information content (AvgIpc) is 2.93. The molecule has 24 heavy (non-hydrogen) atoms. The van der Waals surface area contributed by atoms with Gasteiger partial charge < -0.3 is 9.72 Å². The lowest BCUT2D eigenvalue weighted by atomic mass is 10.1. The number of carbonyl (C=O) groups excluding carboxylic acids is 1. The molecule has 1 amide bonds. The van der Waals surface area contributed by atoms with Gasteiger partial charge in [-0.15, -0.1) is 0 Å². The summed E-state index contributed by atoms with van der Waals surface area (Å²) in [5, 5.41) is 2.39. The molecule has 8 heteroatoms. The number of alkyl halides is 3. The molecular formula is C16H11F4N3O. The van der Waals surface area contributed by atoms with E-state index in [1.54, 1.807) is 0 Å². The summed E-state index contributed by atoms with van der Waals surface area (Å²) in [4.78, 5) is 16.2. The fourth-order valence-corrected chi connectivity index (χ4v) is 2.30. The third-order valence-electron chi connectivity index (χ3n) is 3.37. The molecular weight excluding hydrogens is 326 g/mol. The maximum Gasteiger partial charge on any atom is 0.417 e. The van der Waals surface area contributed by atoms with Crippen LogP contribution in [-0.4, -0.2) is 15.3 Å². The third kappa shape index (κ3) is 3.22. The van der Waals surface area contributed by atoms with E-state index >= 15 is 0 Å². The Morgan fingerprint density at radius 1 is 1.12 bits per heavy atom. The zero-order valence-electron chi connectivity index (χ0n) is 12.1. The maximum absolute atomic E-state index is 13.1. The van der Waals surface area contributed by atoms with E-state index in [-0.39, 0.29) is 6.54 Å². The molecule has 0 aliphatic rings. The molecule has 1 N–H and O–H groups in total. The average molecular weight is 337 g/mol. The maximum atomic E-state index is 13.1. The Morgan fingerprint density at radius 3 is 2.62 bits per heavy atom. The normalized spacial score (nSPS) is 11.7. The van der Waals surface area contributed by atoms with E-state index in [0.717, 1.165) is 12.1 Å². The highest BCUT2D eigenvalue weighted by Crippen LogP contribution is 2.31. The molecule has 2 aromatic heterocycles. The Hall–Kier alpha value is -2.90. The number of amides is 1. The van der Waals surface area contributed by atoms with Crippen LogP contribution in [0.4, 0.5) is 17.6 Å². The largest absolute Gasteiger partial charge is 0.417 e. The number of rotatable bonds is 3. The lowest BCUT2D eigenvalue weighted by Gasteiger charge is -2.12. The van der Waals surface area contributed by atoms with Crippen LogP contribution in [0.2, 0.25) is 0 Å². The number of nitrogens with one attached hydrogen (secondary N) is 1. The summed E-state index contributed by atoms with van der Waals surface area (Å²) in [7, 11) is 0. The zero-order valence-corrected chi connectivity index (χ0v) is 12.1. The van der Waals surface area contributed by atoms with Gasteiger partial charge in [-0.3, -0.25) is 4.79 Å². The number of nitrogens with zero attached hydrogens (tertiary/aromatic N) is 2. The molecule has 0 radical (unpaired) electrons. The second kappa shape index (κ2) is 5.95.